The van der Waals surface area contributed by atoms with Gasteiger partial charge in [-0.1, -0.05) is 39.7 Å². The van der Waals surface area contributed by atoms with Gasteiger partial charge in [0.2, 0.25) is 5.63 Å². The predicted octanol–water partition coefficient (Wildman–Crippen LogP) is 3.97. The fraction of sp³-hybridized carbons (Fsp3) is 0.333. The molecule has 0 amide bonds. The normalized spacial score (nSPS) is 12.9. The summed E-state index contributed by atoms with van der Waals surface area (Å²) in [4.78, 5) is 0. The first-order valence-electron chi connectivity index (χ1n) is 3.77. The standard InChI is InChI=1S/C9H8BrClF2/c10-4-3-6-1-2-7(9(11)13)8(12)5-6/h1-2,5,9H,3-4H2. The summed E-state index contributed by atoms with van der Waals surface area (Å²) in [5.74, 6) is -0.582. The number of aryl methyl sites for hydroxylation is 1. The zero-order chi connectivity index (χ0) is 9.84. The average molecular weight is 270 g/mol. The van der Waals surface area contributed by atoms with E-state index < -0.39 is 11.4 Å². The van der Waals surface area contributed by atoms with Crippen LogP contribution in [0.5, 0.6) is 0 Å². The summed E-state index contributed by atoms with van der Waals surface area (Å²) in [5.41, 5.74) is -1.03. The Balaban J connectivity index is 2.92. The number of halogens is 4. The van der Waals surface area contributed by atoms with Crippen molar-refractivity contribution in [3.8, 4) is 0 Å². The molecule has 0 saturated carbocycles. The van der Waals surface area contributed by atoms with Gasteiger partial charge >= 0.3 is 0 Å². The third-order valence-corrected chi connectivity index (χ3v) is 2.31. The van der Waals surface area contributed by atoms with Crippen LogP contribution in [0.2, 0.25) is 0 Å². The molecule has 0 aromatic heterocycles. The minimum Gasteiger partial charge on any atom is -0.225 e. The Hall–Kier alpha value is -0.150. The van der Waals surface area contributed by atoms with E-state index >= 15 is 0 Å². The molecule has 1 aromatic carbocycles. The van der Waals surface area contributed by atoms with Crippen molar-refractivity contribution in [2.24, 2.45) is 0 Å². The lowest BCUT2D eigenvalue weighted by molar-refractivity contribution is 0.441. The van der Waals surface area contributed by atoms with Gasteiger partial charge in [-0.3, -0.25) is 0 Å². The van der Waals surface area contributed by atoms with Gasteiger partial charge in [0.1, 0.15) is 5.82 Å². The molecular formula is C9H8BrClF2. The molecule has 0 nitrogen and oxygen atoms in total. The Bertz CT molecular complexity index is 289. The van der Waals surface area contributed by atoms with Gasteiger partial charge in [0.25, 0.3) is 0 Å². The van der Waals surface area contributed by atoms with Gasteiger partial charge in [-0.15, -0.1) is 0 Å². The van der Waals surface area contributed by atoms with E-state index in [-0.39, 0.29) is 5.56 Å². The monoisotopic (exact) mass is 268 g/mol. The Kier molecular flexibility index (Phi) is 4.13. The van der Waals surface area contributed by atoms with Crippen LogP contribution in [0.4, 0.5) is 8.78 Å². The first kappa shape index (κ1) is 10.9. The van der Waals surface area contributed by atoms with E-state index in [0.29, 0.717) is 0 Å². The summed E-state index contributed by atoms with van der Waals surface area (Å²) in [6, 6.07) is 4.37. The number of benzene rings is 1. The summed E-state index contributed by atoms with van der Waals surface area (Å²) in [6.07, 6.45) is 0.719. The van der Waals surface area contributed by atoms with Crippen LogP contribution in [0.25, 0.3) is 0 Å². The number of hydrogen-bond donors (Lipinski definition) is 0. The molecule has 72 valence electrons. The smallest absolute Gasteiger partial charge is 0.201 e. The quantitative estimate of drug-likeness (QED) is 0.728. The third kappa shape index (κ3) is 2.92. The second kappa shape index (κ2) is 4.91. The van der Waals surface area contributed by atoms with Crippen molar-refractivity contribution in [1.82, 2.24) is 0 Å². The Morgan fingerprint density at radius 3 is 2.62 bits per heavy atom. The second-order valence-electron chi connectivity index (χ2n) is 2.60. The topological polar surface area (TPSA) is 0 Å². The van der Waals surface area contributed by atoms with Crippen LogP contribution in [0.3, 0.4) is 0 Å². The maximum Gasteiger partial charge on any atom is 0.201 e. The summed E-state index contributed by atoms with van der Waals surface area (Å²) in [5, 5.41) is 0.756. The number of alkyl halides is 3. The molecule has 0 aliphatic heterocycles. The minimum absolute atomic E-state index is 0.0972. The first-order valence-corrected chi connectivity index (χ1v) is 5.33. The Labute approximate surface area is 89.0 Å². The molecule has 0 heterocycles. The second-order valence-corrected chi connectivity index (χ2v) is 3.77. The van der Waals surface area contributed by atoms with Gasteiger partial charge in [0.15, 0.2) is 0 Å². The summed E-state index contributed by atoms with van der Waals surface area (Å²) in [7, 11) is 0. The van der Waals surface area contributed by atoms with Crippen LogP contribution in [-0.4, -0.2) is 5.33 Å². The van der Waals surface area contributed by atoms with E-state index in [9.17, 15) is 8.78 Å². The lowest BCUT2D eigenvalue weighted by Crippen LogP contribution is -1.93. The van der Waals surface area contributed by atoms with Gasteiger partial charge in [-0.25, -0.2) is 8.78 Å². The van der Waals surface area contributed by atoms with Crippen molar-refractivity contribution >= 4 is 27.5 Å². The summed E-state index contributed by atoms with van der Waals surface area (Å²) >= 11 is 8.36. The average Bonchev–Trinajstić information content (AvgIpc) is 2.04. The number of hydrogen-bond acceptors (Lipinski definition) is 0. The largest absolute Gasteiger partial charge is 0.225 e. The lowest BCUT2D eigenvalue weighted by Gasteiger charge is -2.04. The van der Waals surface area contributed by atoms with Gasteiger partial charge in [-0.2, -0.15) is 0 Å². The molecule has 0 radical (unpaired) electrons. The molecular weight excluding hydrogens is 261 g/mol. The summed E-state index contributed by atoms with van der Waals surface area (Å²) < 4.78 is 25.6. The third-order valence-electron chi connectivity index (χ3n) is 1.68. The predicted molar refractivity (Wildman–Crippen MR) is 53.6 cm³/mol. The van der Waals surface area contributed by atoms with Crippen molar-refractivity contribution in [3.05, 3.63) is 35.1 Å². The van der Waals surface area contributed by atoms with Crippen LogP contribution in [0.15, 0.2) is 18.2 Å². The first-order chi connectivity index (χ1) is 6.15. The molecule has 0 spiro atoms. The maximum absolute atomic E-state index is 13.1. The molecule has 0 N–H and O–H groups in total. The van der Waals surface area contributed by atoms with Crippen molar-refractivity contribution in [3.63, 3.8) is 0 Å². The van der Waals surface area contributed by atoms with E-state index in [1.165, 1.54) is 12.1 Å². The van der Waals surface area contributed by atoms with Crippen molar-refractivity contribution in [2.45, 2.75) is 12.1 Å². The highest BCUT2D eigenvalue weighted by Crippen LogP contribution is 2.25. The highest BCUT2D eigenvalue weighted by atomic mass is 79.9. The molecule has 0 bridgehead atoms. The SMILES string of the molecule is Fc1cc(CCBr)ccc1C(F)Cl. The van der Waals surface area contributed by atoms with Crippen molar-refractivity contribution in [2.75, 3.05) is 5.33 Å². The van der Waals surface area contributed by atoms with E-state index in [4.69, 9.17) is 11.6 Å². The zero-order valence-electron chi connectivity index (χ0n) is 6.74. The molecule has 4 heteroatoms. The lowest BCUT2D eigenvalue weighted by atomic mass is 10.1. The van der Waals surface area contributed by atoms with Gasteiger partial charge in [-0.05, 0) is 18.1 Å². The molecule has 0 aliphatic carbocycles. The summed E-state index contributed by atoms with van der Waals surface area (Å²) in [6.45, 7) is 0. The molecule has 0 saturated heterocycles. The van der Waals surface area contributed by atoms with E-state index in [0.717, 1.165) is 17.3 Å². The minimum atomic E-state index is -1.77. The molecule has 1 atom stereocenters. The fourth-order valence-corrected chi connectivity index (χ4v) is 1.65. The zero-order valence-corrected chi connectivity index (χ0v) is 9.08. The molecule has 1 aromatic rings. The molecule has 0 fully saturated rings. The maximum atomic E-state index is 13.1. The molecule has 1 rings (SSSR count). The van der Waals surface area contributed by atoms with Gasteiger partial charge in [0, 0.05) is 10.9 Å². The van der Waals surface area contributed by atoms with E-state index in [1.807, 2.05) is 0 Å². The van der Waals surface area contributed by atoms with Crippen LogP contribution in [-0.2, 0) is 6.42 Å². The number of rotatable bonds is 3. The van der Waals surface area contributed by atoms with Crippen LogP contribution >= 0.6 is 27.5 Å². The Morgan fingerprint density at radius 1 is 1.46 bits per heavy atom. The van der Waals surface area contributed by atoms with E-state index in [1.54, 1.807) is 6.07 Å². The highest BCUT2D eigenvalue weighted by Gasteiger charge is 2.11. The fourth-order valence-electron chi connectivity index (χ4n) is 1.01. The molecule has 13 heavy (non-hydrogen) atoms. The van der Waals surface area contributed by atoms with Gasteiger partial charge in [0.05, 0.1) is 0 Å². The Morgan fingerprint density at radius 2 is 2.15 bits per heavy atom. The van der Waals surface area contributed by atoms with Crippen LogP contribution in [0.1, 0.15) is 16.8 Å². The molecule has 1 unspecified atom stereocenters. The highest BCUT2D eigenvalue weighted by molar-refractivity contribution is 9.09. The van der Waals surface area contributed by atoms with Crippen molar-refractivity contribution < 1.29 is 8.78 Å². The van der Waals surface area contributed by atoms with Crippen LogP contribution < -0.4 is 0 Å². The van der Waals surface area contributed by atoms with Crippen LogP contribution in [0, 0.1) is 5.82 Å². The van der Waals surface area contributed by atoms with Gasteiger partial charge < -0.3 is 0 Å². The van der Waals surface area contributed by atoms with E-state index in [2.05, 4.69) is 15.9 Å². The molecule has 0 aliphatic rings. The van der Waals surface area contributed by atoms with Crippen molar-refractivity contribution in [1.29, 1.82) is 0 Å².